The van der Waals surface area contributed by atoms with Crippen LogP contribution in [0, 0.1) is 0 Å². The summed E-state index contributed by atoms with van der Waals surface area (Å²) in [6.07, 6.45) is 3.50. The lowest BCUT2D eigenvalue weighted by Gasteiger charge is -2.38. The van der Waals surface area contributed by atoms with Gasteiger partial charge in [-0.15, -0.1) is 0 Å². The van der Waals surface area contributed by atoms with Crippen LogP contribution in [0.15, 0.2) is 0 Å². The van der Waals surface area contributed by atoms with Crippen molar-refractivity contribution in [1.82, 2.24) is 10.2 Å². The van der Waals surface area contributed by atoms with Gasteiger partial charge in [0.15, 0.2) is 0 Å². The summed E-state index contributed by atoms with van der Waals surface area (Å²) in [5.74, 6) is 0. The van der Waals surface area contributed by atoms with Crippen molar-refractivity contribution in [1.29, 1.82) is 0 Å². The van der Waals surface area contributed by atoms with Gasteiger partial charge in [0, 0.05) is 18.6 Å². The van der Waals surface area contributed by atoms with Crippen molar-refractivity contribution < 1.29 is 5.11 Å². The monoisotopic (exact) mass is 214 g/mol. The number of likely N-dealkylation sites (tertiary alicyclic amines) is 1. The van der Waals surface area contributed by atoms with Crippen LogP contribution in [0.1, 0.15) is 40.0 Å². The smallest absolute Gasteiger partial charge is 0.0664 e. The Bertz CT molecular complexity index is 173. The minimum Gasteiger partial charge on any atom is -0.392 e. The van der Waals surface area contributed by atoms with Crippen LogP contribution in [0.2, 0.25) is 0 Å². The standard InChI is InChI=1S/C12H26N2O/c1-4-7-13-12-6-5-8-14(9-12)10(2)11(3)15/h10-13,15H,4-9H2,1-3H3. The van der Waals surface area contributed by atoms with E-state index < -0.39 is 0 Å². The van der Waals surface area contributed by atoms with Crippen LogP contribution in [-0.4, -0.2) is 47.8 Å². The van der Waals surface area contributed by atoms with Crippen LogP contribution in [0.3, 0.4) is 0 Å². The highest BCUT2D eigenvalue weighted by molar-refractivity contribution is 4.82. The number of hydrogen-bond acceptors (Lipinski definition) is 3. The Kier molecular flexibility index (Phi) is 5.58. The van der Waals surface area contributed by atoms with Crippen LogP contribution in [0.4, 0.5) is 0 Å². The molecule has 0 aromatic rings. The molecule has 3 nitrogen and oxygen atoms in total. The summed E-state index contributed by atoms with van der Waals surface area (Å²) in [4.78, 5) is 2.40. The van der Waals surface area contributed by atoms with E-state index in [1.807, 2.05) is 6.92 Å². The van der Waals surface area contributed by atoms with Gasteiger partial charge in [-0.2, -0.15) is 0 Å². The second kappa shape index (κ2) is 6.46. The molecule has 0 aromatic heterocycles. The van der Waals surface area contributed by atoms with E-state index in [9.17, 15) is 5.11 Å². The Hall–Kier alpha value is -0.120. The van der Waals surface area contributed by atoms with Crippen molar-refractivity contribution in [3.8, 4) is 0 Å². The van der Waals surface area contributed by atoms with Crippen molar-refractivity contribution in [3.63, 3.8) is 0 Å². The van der Waals surface area contributed by atoms with E-state index in [0.29, 0.717) is 6.04 Å². The molecule has 0 aromatic carbocycles. The van der Waals surface area contributed by atoms with Crippen molar-refractivity contribution in [2.45, 2.75) is 58.2 Å². The second-order valence-corrected chi connectivity index (χ2v) is 4.77. The fourth-order valence-corrected chi connectivity index (χ4v) is 2.20. The van der Waals surface area contributed by atoms with Crippen LogP contribution < -0.4 is 5.32 Å². The summed E-state index contributed by atoms with van der Waals surface area (Å²) in [6, 6.07) is 0.913. The summed E-state index contributed by atoms with van der Waals surface area (Å²) in [6.45, 7) is 9.54. The predicted octanol–water partition coefficient (Wildman–Crippen LogP) is 1.22. The van der Waals surface area contributed by atoms with Crippen molar-refractivity contribution in [3.05, 3.63) is 0 Å². The maximum Gasteiger partial charge on any atom is 0.0664 e. The fraction of sp³-hybridized carbons (Fsp3) is 1.00. The normalized spacial score (nSPS) is 27.6. The Morgan fingerprint density at radius 3 is 2.80 bits per heavy atom. The molecule has 0 radical (unpaired) electrons. The number of piperidine rings is 1. The quantitative estimate of drug-likeness (QED) is 0.722. The molecule has 0 spiro atoms. The molecule has 15 heavy (non-hydrogen) atoms. The predicted molar refractivity (Wildman–Crippen MR) is 64.0 cm³/mol. The number of hydrogen-bond donors (Lipinski definition) is 2. The molecular formula is C12H26N2O. The molecule has 3 atom stereocenters. The van der Waals surface area contributed by atoms with Crippen LogP contribution in [-0.2, 0) is 0 Å². The average molecular weight is 214 g/mol. The highest BCUT2D eigenvalue weighted by atomic mass is 16.3. The van der Waals surface area contributed by atoms with Crippen LogP contribution in [0.25, 0.3) is 0 Å². The van der Waals surface area contributed by atoms with Gasteiger partial charge in [-0.3, -0.25) is 4.90 Å². The number of nitrogens with zero attached hydrogens (tertiary/aromatic N) is 1. The molecule has 1 saturated heterocycles. The Morgan fingerprint density at radius 2 is 2.20 bits per heavy atom. The maximum atomic E-state index is 9.57. The minimum atomic E-state index is -0.227. The maximum absolute atomic E-state index is 9.57. The first-order valence-electron chi connectivity index (χ1n) is 6.30. The molecule has 1 rings (SSSR count). The van der Waals surface area contributed by atoms with E-state index >= 15 is 0 Å². The lowest BCUT2D eigenvalue weighted by molar-refractivity contribution is 0.0499. The van der Waals surface area contributed by atoms with Gasteiger partial charge in [0.2, 0.25) is 0 Å². The zero-order chi connectivity index (χ0) is 11.3. The topological polar surface area (TPSA) is 35.5 Å². The van der Waals surface area contributed by atoms with Crippen molar-refractivity contribution in [2.75, 3.05) is 19.6 Å². The molecule has 3 heteroatoms. The molecule has 0 bridgehead atoms. The molecule has 2 N–H and O–H groups in total. The number of nitrogens with one attached hydrogen (secondary N) is 1. The highest BCUT2D eigenvalue weighted by Crippen LogP contribution is 2.14. The average Bonchev–Trinajstić information content (AvgIpc) is 2.25. The molecule has 1 aliphatic rings. The van der Waals surface area contributed by atoms with Crippen LogP contribution in [0.5, 0.6) is 0 Å². The van der Waals surface area contributed by atoms with E-state index in [1.54, 1.807) is 0 Å². The third-order valence-corrected chi connectivity index (χ3v) is 3.41. The molecule has 1 heterocycles. The molecular weight excluding hydrogens is 188 g/mol. The third-order valence-electron chi connectivity index (χ3n) is 3.41. The zero-order valence-electron chi connectivity index (χ0n) is 10.4. The summed E-state index contributed by atoms with van der Waals surface area (Å²) < 4.78 is 0. The molecule has 3 unspecified atom stereocenters. The largest absolute Gasteiger partial charge is 0.392 e. The molecule has 0 amide bonds. The SMILES string of the molecule is CCCNC1CCCN(C(C)C(C)O)C1. The number of rotatable bonds is 5. The Labute approximate surface area is 93.9 Å². The van der Waals surface area contributed by atoms with E-state index in [0.717, 1.165) is 19.6 Å². The van der Waals surface area contributed by atoms with Gasteiger partial charge < -0.3 is 10.4 Å². The third kappa shape index (κ3) is 4.09. The van der Waals surface area contributed by atoms with Gasteiger partial charge >= 0.3 is 0 Å². The highest BCUT2D eigenvalue weighted by Gasteiger charge is 2.24. The first-order valence-corrected chi connectivity index (χ1v) is 6.30. The van der Waals surface area contributed by atoms with E-state index in [4.69, 9.17) is 0 Å². The fourth-order valence-electron chi connectivity index (χ4n) is 2.20. The van der Waals surface area contributed by atoms with Crippen LogP contribution >= 0.6 is 0 Å². The van der Waals surface area contributed by atoms with Gasteiger partial charge in [-0.25, -0.2) is 0 Å². The van der Waals surface area contributed by atoms with Gasteiger partial charge in [-0.05, 0) is 46.2 Å². The molecule has 1 fully saturated rings. The van der Waals surface area contributed by atoms with E-state index in [1.165, 1.54) is 19.3 Å². The van der Waals surface area contributed by atoms with Crippen molar-refractivity contribution in [2.24, 2.45) is 0 Å². The molecule has 0 saturated carbocycles. The van der Waals surface area contributed by atoms with E-state index in [2.05, 4.69) is 24.1 Å². The Morgan fingerprint density at radius 1 is 1.47 bits per heavy atom. The minimum absolute atomic E-state index is 0.227. The summed E-state index contributed by atoms with van der Waals surface area (Å²) in [5.41, 5.74) is 0. The van der Waals surface area contributed by atoms with Gasteiger partial charge in [-0.1, -0.05) is 6.92 Å². The number of aliphatic hydroxyl groups excluding tert-OH is 1. The van der Waals surface area contributed by atoms with Gasteiger partial charge in [0.1, 0.15) is 0 Å². The first kappa shape index (κ1) is 12.9. The van der Waals surface area contributed by atoms with Gasteiger partial charge in [0.05, 0.1) is 6.10 Å². The summed E-state index contributed by atoms with van der Waals surface area (Å²) >= 11 is 0. The van der Waals surface area contributed by atoms with E-state index in [-0.39, 0.29) is 12.1 Å². The molecule has 90 valence electrons. The Balaban J connectivity index is 2.34. The van der Waals surface area contributed by atoms with Gasteiger partial charge in [0.25, 0.3) is 0 Å². The second-order valence-electron chi connectivity index (χ2n) is 4.77. The molecule has 1 aliphatic heterocycles. The molecule has 0 aliphatic carbocycles. The lowest BCUT2D eigenvalue weighted by Crippen LogP contribution is -2.51. The summed E-state index contributed by atoms with van der Waals surface area (Å²) in [7, 11) is 0. The zero-order valence-corrected chi connectivity index (χ0v) is 10.4. The summed E-state index contributed by atoms with van der Waals surface area (Å²) in [5, 5.41) is 13.1. The lowest BCUT2D eigenvalue weighted by atomic mass is 10.0. The van der Waals surface area contributed by atoms with Crippen molar-refractivity contribution >= 4 is 0 Å². The first-order chi connectivity index (χ1) is 7.15. The number of aliphatic hydroxyl groups is 1.